The van der Waals surface area contributed by atoms with Gasteiger partial charge in [0.05, 0.1) is 24.8 Å². The van der Waals surface area contributed by atoms with Gasteiger partial charge in [0.15, 0.2) is 11.5 Å². The smallest absolute Gasteiger partial charge is 0.264 e. The molecule has 0 aliphatic carbocycles. The third-order valence-corrected chi connectivity index (χ3v) is 6.27. The molecular formula is C18H21NO4S. The molecular weight excluding hydrogens is 326 g/mol. The number of methoxy groups -OCH3 is 2. The molecule has 2 aromatic carbocycles. The molecule has 0 spiro atoms. The maximum absolute atomic E-state index is 13.3. The molecule has 0 fully saturated rings. The first kappa shape index (κ1) is 16.6. The summed E-state index contributed by atoms with van der Waals surface area (Å²) in [5.41, 5.74) is 2.46. The third-order valence-electron chi connectivity index (χ3n) is 4.32. The first-order valence-corrected chi connectivity index (χ1v) is 9.26. The van der Waals surface area contributed by atoms with Crippen LogP contribution in [0.5, 0.6) is 11.5 Å². The van der Waals surface area contributed by atoms with E-state index in [-0.39, 0.29) is 4.90 Å². The molecule has 128 valence electrons. The second-order valence-corrected chi connectivity index (χ2v) is 7.61. The second-order valence-electron chi connectivity index (χ2n) is 5.78. The van der Waals surface area contributed by atoms with Gasteiger partial charge >= 0.3 is 0 Å². The number of fused-ring (bicyclic) bond motifs is 1. The monoisotopic (exact) mass is 347 g/mol. The van der Waals surface area contributed by atoms with Crippen LogP contribution < -0.4 is 13.8 Å². The van der Waals surface area contributed by atoms with E-state index in [2.05, 4.69) is 0 Å². The predicted molar refractivity (Wildman–Crippen MR) is 93.6 cm³/mol. The minimum absolute atomic E-state index is 0.247. The van der Waals surface area contributed by atoms with Crippen LogP contribution in [0.15, 0.2) is 41.3 Å². The maximum Gasteiger partial charge on any atom is 0.264 e. The molecule has 0 atom stereocenters. The standard InChI is InChI=1S/C18H21NO4S/c1-13-11-16(22-2)17(23-3)12-18(13)24(20,21)19-10-6-8-14-7-4-5-9-15(14)19/h4-5,7,9,11-12H,6,8,10H2,1-3H3. The average Bonchev–Trinajstić information content (AvgIpc) is 2.60. The van der Waals surface area contributed by atoms with Crippen molar-refractivity contribution in [3.05, 3.63) is 47.5 Å². The quantitative estimate of drug-likeness (QED) is 0.852. The van der Waals surface area contributed by atoms with Crippen LogP contribution in [0.2, 0.25) is 0 Å². The van der Waals surface area contributed by atoms with Gasteiger partial charge in [0, 0.05) is 12.6 Å². The van der Waals surface area contributed by atoms with Gasteiger partial charge in [0.1, 0.15) is 0 Å². The van der Waals surface area contributed by atoms with Gasteiger partial charge < -0.3 is 9.47 Å². The highest BCUT2D eigenvalue weighted by atomic mass is 32.2. The Morgan fingerprint density at radius 1 is 1.04 bits per heavy atom. The van der Waals surface area contributed by atoms with Crippen molar-refractivity contribution < 1.29 is 17.9 Å². The van der Waals surface area contributed by atoms with Gasteiger partial charge in [-0.15, -0.1) is 0 Å². The Bertz CT molecular complexity index is 861. The van der Waals surface area contributed by atoms with Gasteiger partial charge in [-0.25, -0.2) is 8.42 Å². The first-order valence-electron chi connectivity index (χ1n) is 7.82. The van der Waals surface area contributed by atoms with Crippen LogP contribution in [0.1, 0.15) is 17.5 Å². The van der Waals surface area contributed by atoms with Crippen LogP contribution in [0, 0.1) is 6.92 Å². The summed E-state index contributed by atoms with van der Waals surface area (Å²) in [6, 6.07) is 10.9. The summed E-state index contributed by atoms with van der Waals surface area (Å²) in [4.78, 5) is 0.247. The molecule has 2 aromatic rings. The number of rotatable bonds is 4. The van der Waals surface area contributed by atoms with Crippen LogP contribution in [0.4, 0.5) is 5.69 Å². The van der Waals surface area contributed by atoms with E-state index in [9.17, 15) is 8.42 Å². The van der Waals surface area contributed by atoms with Crippen LogP contribution in [-0.2, 0) is 16.4 Å². The zero-order chi connectivity index (χ0) is 17.3. The Labute approximate surface area is 142 Å². The normalized spacial score (nSPS) is 14.2. The van der Waals surface area contributed by atoms with E-state index in [0.29, 0.717) is 23.6 Å². The Morgan fingerprint density at radius 3 is 2.42 bits per heavy atom. The number of hydrogen-bond acceptors (Lipinski definition) is 4. The molecule has 0 aromatic heterocycles. The summed E-state index contributed by atoms with van der Waals surface area (Å²) in [5.74, 6) is 0.931. The highest BCUT2D eigenvalue weighted by Gasteiger charge is 2.31. The number of aryl methyl sites for hydroxylation is 2. The average molecular weight is 347 g/mol. The highest BCUT2D eigenvalue weighted by molar-refractivity contribution is 7.92. The van der Waals surface area contributed by atoms with Crippen molar-refractivity contribution in [2.24, 2.45) is 0 Å². The lowest BCUT2D eigenvalue weighted by atomic mass is 10.0. The molecule has 0 amide bonds. The Kier molecular flexibility index (Phi) is 4.41. The fraction of sp³-hybridized carbons (Fsp3) is 0.333. The molecule has 1 aliphatic rings. The lowest BCUT2D eigenvalue weighted by Gasteiger charge is -2.31. The van der Waals surface area contributed by atoms with Crippen molar-refractivity contribution in [1.82, 2.24) is 0 Å². The molecule has 6 heteroatoms. The van der Waals surface area contributed by atoms with E-state index >= 15 is 0 Å². The van der Waals surface area contributed by atoms with Gasteiger partial charge in [-0.1, -0.05) is 18.2 Å². The number of sulfonamides is 1. The van der Waals surface area contributed by atoms with Crippen molar-refractivity contribution in [2.45, 2.75) is 24.7 Å². The van der Waals surface area contributed by atoms with Crippen LogP contribution in [-0.4, -0.2) is 29.2 Å². The lowest BCUT2D eigenvalue weighted by Crippen LogP contribution is -2.35. The maximum atomic E-state index is 13.3. The van der Waals surface area contributed by atoms with E-state index in [1.165, 1.54) is 18.5 Å². The van der Waals surface area contributed by atoms with Crippen molar-refractivity contribution in [2.75, 3.05) is 25.1 Å². The molecule has 0 saturated carbocycles. The summed E-state index contributed by atoms with van der Waals surface area (Å²) in [5, 5.41) is 0. The van der Waals surface area contributed by atoms with Crippen molar-refractivity contribution in [3.63, 3.8) is 0 Å². The zero-order valence-electron chi connectivity index (χ0n) is 14.1. The molecule has 0 unspecified atom stereocenters. The van der Waals surface area contributed by atoms with Crippen molar-refractivity contribution in [1.29, 1.82) is 0 Å². The number of nitrogens with zero attached hydrogens (tertiary/aromatic N) is 1. The number of hydrogen-bond donors (Lipinski definition) is 0. The van der Waals surface area contributed by atoms with E-state index < -0.39 is 10.0 Å². The van der Waals surface area contributed by atoms with E-state index in [1.54, 1.807) is 19.1 Å². The molecule has 0 N–H and O–H groups in total. The summed E-state index contributed by atoms with van der Waals surface area (Å²) < 4.78 is 38.6. The Hall–Kier alpha value is -2.21. The van der Waals surface area contributed by atoms with Gasteiger partial charge in [0.2, 0.25) is 0 Å². The number of benzene rings is 2. The molecule has 0 radical (unpaired) electrons. The molecule has 3 rings (SSSR count). The number of para-hydroxylation sites is 1. The summed E-state index contributed by atoms with van der Waals surface area (Å²) in [6.45, 7) is 2.25. The summed E-state index contributed by atoms with van der Waals surface area (Å²) in [6.07, 6.45) is 1.70. The molecule has 0 saturated heterocycles. The topological polar surface area (TPSA) is 55.8 Å². The minimum atomic E-state index is -3.67. The molecule has 0 bridgehead atoms. The van der Waals surface area contributed by atoms with Crippen molar-refractivity contribution in [3.8, 4) is 11.5 Å². The first-order chi connectivity index (χ1) is 11.5. The zero-order valence-corrected chi connectivity index (χ0v) is 14.9. The largest absolute Gasteiger partial charge is 0.493 e. The number of ether oxygens (including phenoxy) is 2. The SMILES string of the molecule is COc1cc(C)c(S(=O)(=O)N2CCCc3ccccc32)cc1OC. The van der Waals surface area contributed by atoms with Crippen LogP contribution in [0.25, 0.3) is 0 Å². The van der Waals surface area contributed by atoms with Crippen LogP contribution in [0.3, 0.4) is 0 Å². The summed E-state index contributed by atoms with van der Waals surface area (Å²) in [7, 11) is -0.632. The van der Waals surface area contributed by atoms with E-state index in [0.717, 1.165) is 24.1 Å². The number of anilines is 1. The molecule has 24 heavy (non-hydrogen) atoms. The van der Waals surface area contributed by atoms with Crippen molar-refractivity contribution >= 4 is 15.7 Å². The van der Waals surface area contributed by atoms with Crippen LogP contribution >= 0.6 is 0 Å². The Balaban J connectivity index is 2.13. The minimum Gasteiger partial charge on any atom is -0.493 e. The van der Waals surface area contributed by atoms with E-state index in [1.807, 2.05) is 24.3 Å². The molecule has 1 aliphatic heterocycles. The fourth-order valence-electron chi connectivity index (χ4n) is 3.11. The third kappa shape index (κ3) is 2.71. The van der Waals surface area contributed by atoms with Gasteiger partial charge in [-0.3, -0.25) is 4.31 Å². The highest BCUT2D eigenvalue weighted by Crippen LogP contribution is 2.37. The summed E-state index contributed by atoms with van der Waals surface area (Å²) >= 11 is 0. The van der Waals surface area contributed by atoms with Gasteiger partial charge in [0.25, 0.3) is 10.0 Å². The molecule has 5 nitrogen and oxygen atoms in total. The fourth-order valence-corrected chi connectivity index (χ4v) is 4.87. The second kappa shape index (κ2) is 6.36. The van der Waals surface area contributed by atoms with Gasteiger partial charge in [-0.2, -0.15) is 0 Å². The van der Waals surface area contributed by atoms with Gasteiger partial charge in [-0.05, 0) is 43.0 Å². The van der Waals surface area contributed by atoms with E-state index in [4.69, 9.17) is 9.47 Å². The Morgan fingerprint density at radius 2 is 1.71 bits per heavy atom. The predicted octanol–water partition coefficient (Wildman–Crippen LogP) is 3.15. The lowest BCUT2D eigenvalue weighted by molar-refractivity contribution is 0.353. The molecule has 1 heterocycles.